The molecule has 146 valence electrons. The maximum atomic E-state index is 13.0. The first-order valence-corrected chi connectivity index (χ1v) is 10.00. The molecule has 3 aromatic rings. The molecular formula is C22H25ClN4O. The molecule has 1 heterocycles. The molecule has 0 saturated carbocycles. The second-order valence-electron chi connectivity index (χ2n) is 6.62. The molecule has 0 N–H and O–H groups in total. The van der Waals surface area contributed by atoms with E-state index >= 15 is 0 Å². The maximum absolute atomic E-state index is 13.0. The second kappa shape index (κ2) is 9.02. The monoisotopic (exact) mass is 396 g/mol. The van der Waals surface area contributed by atoms with Crippen LogP contribution in [0.1, 0.15) is 37.5 Å². The molecule has 1 amide bonds. The lowest BCUT2D eigenvalue weighted by Crippen LogP contribution is -2.37. The highest BCUT2D eigenvalue weighted by Gasteiger charge is 2.25. The van der Waals surface area contributed by atoms with E-state index in [9.17, 15) is 4.79 Å². The van der Waals surface area contributed by atoms with Gasteiger partial charge in [0.05, 0.1) is 12.2 Å². The standard InChI is InChI=1S/C22H25ClN4O/c1-4-17-11-9-10-14-20(17)27-16(3)24-25-21(27)15-26(22(28)19(23)5-2)18-12-7-6-8-13-18/h6-14,19H,4-5,15H2,1-3H3. The summed E-state index contributed by atoms with van der Waals surface area (Å²) in [5.41, 5.74) is 3.04. The van der Waals surface area contributed by atoms with E-state index in [0.29, 0.717) is 18.8 Å². The SMILES string of the molecule is CCc1ccccc1-n1c(C)nnc1CN(C(=O)C(Cl)CC)c1ccccc1. The van der Waals surface area contributed by atoms with Gasteiger partial charge in [-0.25, -0.2) is 0 Å². The van der Waals surface area contributed by atoms with Gasteiger partial charge in [0.25, 0.3) is 0 Å². The molecule has 1 atom stereocenters. The lowest BCUT2D eigenvalue weighted by Gasteiger charge is -2.25. The quantitative estimate of drug-likeness (QED) is 0.544. The second-order valence-corrected chi connectivity index (χ2v) is 7.14. The Kier molecular flexibility index (Phi) is 6.47. The van der Waals surface area contributed by atoms with Crippen molar-refractivity contribution >= 4 is 23.2 Å². The van der Waals surface area contributed by atoms with Gasteiger partial charge in [-0.15, -0.1) is 21.8 Å². The van der Waals surface area contributed by atoms with Crippen molar-refractivity contribution in [2.24, 2.45) is 0 Å². The fourth-order valence-corrected chi connectivity index (χ4v) is 3.36. The fourth-order valence-electron chi connectivity index (χ4n) is 3.24. The predicted molar refractivity (Wildman–Crippen MR) is 113 cm³/mol. The zero-order chi connectivity index (χ0) is 20.1. The number of halogens is 1. The summed E-state index contributed by atoms with van der Waals surface area (Å²) in [4.78, 5) is 14.7. The Bertz CT molecular complexity index is 939. The molecule has 5 nitrogen and oxygen atoms in total. The van der Waals surface area contributed by atoms with Crippen LogP contribution in [0.3, 0.4) is 0 Å². The molecule has 0 aliphatic rings. The summed E-state index contributed by atoms with van der Waals surface area (Å²) in [5, 5.41) is 8.08. The summed E-state index contributed by atoms with van der Waals surface area (Å²) in [6.07, 6.45) is 1.46. The number of amides is 1. The molecule has 0 fully saturated rings. The van der Waals surface area contributed by atoms with Crippen LogP contribution in [0.2, 0.25) is 0 Å². The van der Waals surface area contributed by atoms with Crippen molar-refractivity contribution < 1.29 is 4.79 Å². The summed E-state index contributed by atoms with van der Waals surface area (Å²) < 4.78 is 2.03. The fraction of sp³-hybridized carbons (Fsp3) is 0.318. The Morgan fingerprint density at radius 2 is 1.75 bits per heavy atom. The third-order valence-corrected chi connectivity index (χ3v) is 5.26. The number of alkyl halides is 1. The molecule has 28 heavy (non-hydrogen) atoms. The van der Waals surface area contributed by atoms with Crippen LogP contribution >= 0.6 is 11.6 Å². The van der Waals surface area contributed by atoms with E-state index in [1.165, 1.54) is 5.56 Å². The van der Waals surface area contributed by atoms with E-state index in [1.807, 2.05) is 60.9 Å². The van der Waals surface area contributed by atoms with E-state index in [1.54, 1.807) is 4.90 Å². The average Bonchev–Trinajstić information content (AvgIpc) is 3.11. The molecule has 0 spiro atoms. The molecule has 1 aromatic heterocycles. The van der Waals surface area contributed by atoms with Crippen LogP contribution in [0.5, 0.6) is 0 Å². The number of rotatable bonds is 7. The van der Waals surface area contributed by atoms with Crippen LogP contribution in [-0.2, 0) is 17.8 Å². The molecule has 2 aromatic carbocycles. The van der Waals surface area contributed by atoms with Gasteiger partial charge in [-0.1, -0.05) is 50.2 Å². The summed E-state index contributed by atoms with van der Waals surface area (Å²) in [6, 6.07) is 17.8. The first-order valence-electron chi connectivity index (χ1n) is 9.56. The van der Waals surface area contributed by atoms with Crippen LogP contribution < -0.4 is 4.90 Å². The topological polar surface area (TPSA) is 51.0 Å². The minimum absolute atomic E-state index is 0.133. The van der Waals surface area contributed by atoms with E-state index in [0.717, 1.165) is 23.6 Å². The van der Waals surface area contributed by atoms with Gasteiger partial charge in [0.1, 0.15) is 11.2 Å². The highest BCUT2D eigenvalue weighted by Crippen LogP contribution is 2.23. The van der Waals surface area contributed by atoms with Gasteiger partial charge in [-0.05, 0) is 43.5 Å². The molecule has 0 radical (unpaired) electrons. The molecule has 0 bridgehead atoms. The van der Waals surface area contributed by atoms with Crippen LogP contribution in [-0.4, -0.2) is 26.0 Å². The zero-order valence-corrected chi connectivity index (χ0v) is 17.2. The number of carbonyl (C=O) groups excluding carboxylic acids is 1. The van der Waals surface area contributed by atoms with Crippen molar-refractivity contribution in [3.8, 4) is 5.69 Å². The van der Waals surface area contributed by atoms with Crippen molar-refractivity contribution in [1.82, 2.24) is 14.8 Å². The van der Waals surface area contributed by atoms with Gasteiger partial charge >= 0.3 is 0 Å². The number of nitrogens with zero attached hydrogens (tertiary/aromatic N) is 4. The van der Waals surface area contributed by atoms with Crippen molar-refractivity contribution in [2.45, 2.75) is 45.5 Å². The van der Waals surface area contributed by atoms with E-state index in [2.05, 4.69) is 29.3 Å². The average molecular weight is 397 g/mol. The number of aryl methyl sites for hydroxylation is 2. The van der Waals surface area contributed by atoms with Gasteiger partial charge in [-0.3, -0.25) is 9.36 Å². The third-order valence-electron chi connectivity index (χ3n) is 4.77. The Hall–Kier alpha value is -2.66. The smallest absolute Gasteiger partial charge is 0.245 e. The highest BCUT2D eigenvalue weighted by molar-refractivity contribution is 6.32. The summed E-state index contributed by atoms with van der Waals surface area (Å²) in [7, 11) is 0. The summed E-state index contributed by atoms with van der Waals surface area (Å²) in [6.45, 7) is 6.25. The Morgan fingerprint density at radius 3 is 2.43 bits per heavy atom. The van der Waals surface area contributed by atoms with Crippen molar-refractivity contribution in [1.29, 1.82) is 0 Å². The van der Waals surface area contributed by atoms with Gasteiger partial charge in [0.2, 0.25) is 5.91 Å². The first kappa shape index (κ1) is 20.1. The molecule has 1 unspecified atom stereocenters. The number of aromatic nitrogens is 3. The number of hydrogen-bond donors (Lipinski definition) is 0. The number of hydrogen-bond acceptors (Lipinski definition) is 3. The van der Waals surface area contributed by atoms with Crippen LogP contribution in [0.4, 0.5) is 5.69 Å². The van der Waals surface area contributed by atoms with Crippen LogP contribution in [0.15, 0.2) is 54.6 Å². The minimum Gasteiger partial charge on any atom is -0.303 e. The van der Waals surface area contributed by atoms with E-state index in [4.69, 9.17) is 11.6 Å². The van der Waals surface area contributed by atoms with E-state index < -0.39 is 5.38 Å². The van der Waals surface area contributed by atoms with Crippen molar-refractivity contribution in [3.05, 3.63) is 71.8 Å². The highest BCUT2D eigenvalue weighted by atomic mass is 35.5. The Labute approximate surface area is 171 Å². The van der Waals surface area contributed by atoms with Gasteiger partial charge in [0, 0.05) is 5.69 Å². The Balaban J connectivity index is 2.04. The lowest BCUT2D eigenvalue weighted by molar-refractivity contribution is -0.118. The maximum Gasteiger partial charge on any atom is 0.245 e. The Morgan fingerprint density at radius 1 is 1.07 bits per heavy atom. The molecule has 3 rings (SSSR count). The van der Waals surface area contributed by atoms with Gasteiger partial charge < -0.3 is 4.90 Å². The largest absolute Gasteiger partial charge is 0.303 e. The molecular weight excluding hydrogens is 372 g/mol. The van der Waals surface area contributed by atoms with Crippen LogP contribution in [0, 0.1) is 6.92 Å². The molecule has 0 aliphatic heterocycles. The van der Waals surface area contributed by atoms with E-state index in [-0.39, 0.29) is 5.91 Å². The minimum atomic E-state index is -0.583. The molecule has 0 saturated heterocycles. The van der Waals surface area contributed by atoms with Crippen molar-refractivity contribution in [2.75, 3.05) is 4.90 Å². The molecule has 6 heteroatoms. The van der Waals surface area contributed by atoms with Gasteiger partial charge in [0.15, 0.2) is 5.82 Å². The first-order chi connectivity index (χ1) is 13.6. The number of para-hydroxylation sites is 2. The zero-order valence-electron chi connectivity index (χ0n) is 16.5. The summed E-state index contributed by atoms with van der Waals surface area (Å²) in [5.74, 6) is 1.36. The predicted octanol–water partition coefficient (Wildman–Crippen LogP) is 4.69. The lowest BCUT2D eigenvalue weighted by atomic mass is 10.1. The van der Waals surface area contributed by atoms with Crippen LogP contribution in [0.25, 0.3) is 5.69 Å². The van der Waals surface area contributed by atoms with Gasteiger partial charge in [-0.2, -0.15) is 0 Å². The number of benzene rings is 2. The number of carbonyl (C=O) groups is 1. The molecule has 0 aliphatic carbocycles. The normalized spacial score (nSPS) is 12.0. The van der Waals surface area contributed by atoms with Crippen molar-refractivity contribution in [3.63, 3.8) is 0 Å². The third kappa shape index (κ3) is 4.09. The summed E-state index contributed by atoms with van der Waals surface area (Å²) >= 11 is 6.30. The number of anilines is 1.